The van der Waals surface area contributed by atoms with Gasteiger partial charge >= 0.3 is 12.1 Å². The van der Waals surface area contributed by atoms with E-state index in [0.29, 0.717) is 0 Å². The van der Waals surface area contributed by atoms with Gasteiger partial charge in [0.15, 0.2) is 0 Å². The van der Waals surface area contributed by atoms with Gasteiger partial charge in [-0.3, -0.25) is 9.69 Å². The van der Waals surface area contributed by atoms with Crippen molar-refractivity contribution in [1.82, 2.24) is 4.90 Å². The summed E-state index contributed by atoms with van der Waals surface area (Å²) in [5.41, 5.74) is -0.309. The highest BCUT2D eigenvalue weighted by Gasteiger charge is 2.44. The van der Waals surface area contributed by atoms with Crippen molar-refractivity contribution < 1.29 is 23.1 Å². The van der Waals surface area contributed by atoms with Crippen molar-refractivity contribution in [3.8, 4) is 0 Å². The molecule has 0 fully saturated rings. The number of rotatable bonds is 4. The Bertz CT molecular complexity index is 245. The molecule has 0 aliphatic heterocycles. The predicted molar refractivity (Wildman–Crippen MR) is 54.2 cm³/mol. The second kappa shape index (κ2) is 5.03. The molecule has 0 heterocycles. The first-order valence-corrected chi connectivity index (χ1v) is 4.92. The summed E-state index contributed by atoms with van der Waals surface area (Å²) in [6.07, 6.45) is -5.44. The Morgan fingerprint density at radius 3 is 2.00 bits per heavy atom. The van der Waals surface area contributed by atoms with Gasteiger partial charge in [-0.2, -0.15) is 13.2 Å². The first kappa shape index (κ1) is 15.2. The molecular formula is C10H18F3NO2. The lowest BCUT2D eigenvalue weighted by molar-refractivity contribution is -0.189. The zero-order chi connectivity index (χ0) is 13.1. The van der Waals surface area contributed by atoms with E-state index in [-0.39, 0.29) is 12.0 Å². The molecule has 3 nitrogen and oxygen atoms in total. The number of carboxylic acid groups (broad SMARTS) is 1. The first-order chi connectivity index (χ1) is 6.93. The van der Waals surface area contributed by atoms with Crippen LogP contribution in [0, 0.1) is 5.41 Å². The van der Waals surface area contributed by atoms with Crippen molar-refractivity contribution in [3.05, 3.63) is 0 Å². The van der Waals surface area contributed by atoms with Crippen LogP contribution in [0.2, 0.25) is 0 Å². The van der Waals surface area contributed by atoms with Gasteiger partial charge in [0.25, 0.3) is 0 Å². The highest BCUT2D eigenvalue weighted by Crippen LogP contribution is 2.28. The van der Waals surface area contributed by atoms with E-state index >= 15 is 0 Å². The minimum Gasteiger partial charge on any atom is -0.481 e. The molecule has 1 N–H and O–H groups in total. The van der Waals surface area contributed by atoms with Crippen molar-refractivity contribution in [3.63, 3.8) is 0 Å². The zero-order valence-corrected chi connectivity index (χ0v) is 9.93. The van der Waals surface area contributed by atoms with Crippen LogP contribution in [0.25, 0.3) is 0 Å². The molecule has 0 spiro atoms. The van der Waals surface area contributed by atoms with Gasteiger partial charge in [-0.15, -0.1) is 0 Å². The summed E-state index contributed by atoms with van der Waals surface area (Å²) < 4.78 is 37.8. The van der Waals surface area contributed by atoms with Crippen LogP contribution in [0.15, 0.2) is 0 Å². The van der Waals surface area contributed by atoms with Gasteiger partial charge in [-0.05, 0) is 12.5 Å². The lowest BCUT2D eigenvalue weighted by Gasteiger charge is -2.33. The Morgan fingerprint density at radius 1 is 1.31 bits per heavy atom. The van der Waals surface area contributed by atoms with Gasteiger partial charge < -0.3 is 5.11 Å². The summed E-state index contributed by atoms with van der Waals surface area (Å²) in [6.45, 7) is 5.59. The maximum absolute atomic E-state index is 12.6. The second-order valence-electron chi connectivity index (χ2n) is 5.13. The van der Waals surface area contributed by atoms with Gasteiger partial charge in [0, 0.05) is 6.54 Å². The fourth-order valence-corrected chi connectivity index (χ4v) is 1.55. The maximum atomic E-state index is 12.6. The SMILES string of the molecule is CN(CC(C)(C)C)C(CC(=O)O)C(F)(F)F. The van der Waals surface area contributed by atoms with Crippen molar-refractivity contribution in [2.45, 2.75) is 39.4 Å². The minimum absolute atomic E-state index is 0.185. The number of carboxylic acids is 1. The predicted octanol–water partition coefficient (Wildman–Crippen LogP) is 2.37. The number of aliphatic carboxylic acids is 1. The van der Waals surface area contributed by atoms with E-state index in [0.717, 1.165) is 4.90 Å². The normalized spacial score (nSPS) is 15.2. The van der Waals surface area contributed by atoms with Crippen molar-refractivity contribution in [2.24, 2.45) is 5.41 Å². The number of halogens is 3. The molecule has 1 unspecified atom stereocenters. The second-order valence-corrected chi connectivity index (χ2v) is 5.13. The summed E-state index contributed by atoms with van der Waals surface area (Å²) in [5.74, 6) is -1.44. The molecule has 0 aliphatic rings. The van der Waals surface area contributed by atoms with Crippen LogP contribution in [-0.2, 0) is 4.79 Å². The van der Waals surface area contributed by atoms with Crippen LogP contribution in [0.1, 0.15) is 27.2 Å². The van der Waals surface area contributed by atoms with Crippen LogP contribution in [0.3, 0.4) is 0 Å². The van der Waals surface area contributed by atoms with E-state index < -0.39 is 24.6 Å². The molecule has 1 atom stereocenters. The zero-order valence-electron chi connectivity index (χ0n) is 9.93. The van der Waals surface area contributed by atoms with Crippen LogP contribution >= 0.6 is 0 Å². The summed E-state index contributed by atoms with van der Waals surface area (Å²) in [4.78, 5) is 11.4. The number of carbonyl (C=O) groups is 1. The molecule has 0 radical (unpaired) electrons. The number of hydrogen-bond donors (Lipinski definition) is 1. The average molecular weight is 241 g/mol. The lowest BCUT2D eigenvalue weighted by Crippen LogP contribution is -2.47. The minimum atomic E-state index is -4.52. The maximum Gasteiger partial charge on any atom is 0.404 e. The van der Waals surface area contributed by atoms with E-state index in [1.807, 2.05) is 0 Å². The highest BCUT2D eigenvalue weighted by molar-refractivity contribution is 5.67. The van der Waals surface area contributed by atoms with Gasteiger partial charge in [0.1, 0.15) is 6.04 Å². The molecule has 6 heteroatoms. The Hall–Kier alpha value is -0.780. The van der Waals surface area contributed by atoms with E-state index in [4.69, 9.17) is 5.11 Å². The summed E-state index contributed by atoms with van der Waals surface area (Å²) in [6, 6.07) is -1.93. The fraction of sp³-hybridized carbons (Fsp3) is 0.900. The number of alkyl halides is 3. The number of nitrogens with zero attached hydrogens (tertiary/aromatic N) is 1. The Kier molecular flexibility index (Phi) is 4.79. The molecule has 0 aromatic heterocycles. The molecule has 0 aliphatic carbocycles. The molecule has 96 valence electrons. The third kappa shape index (κ3) is 5.95. The Labute approximate surface area is 93.2 Å². The van der Waals surface area contributed by atoms with E-state index in [1.54, 1.807) is 20.8 Å². The molecule has 0 rings (SSSR count). The molecule has 0 bridgehead atoms. The molecule has 0 saturated carbocycles. The molecule has 0 aromatic rings. The van der Waals surface area contributed by atoms with Crippen molar-refractivity contribution in [2.75, 3.05) is 13.6 Å². The van der Waals surface area contributed by atoms with Crippen LogP contribution in [-0.4, -0.2) is 41.8 Å². The summed E-state index contributed by atoms with van der Waals surface area (Å²) in [7, 11) is 1.30. The molecule has 0 amide bonds. The van der Waals surface area contributed by atoms with Crippen molar-refractivity contribution in [1.29, 1.82) is 0 Å². The molecular weight excluding hydrogens is 223 g/mol. The molecule has 16 heavy (non-hydrogen) atoms. The largest absolute Gasteiger partial charge is 0.481 e. The average Bonchev–Trinajstić information content (AvgIpc) is 1.93. The standard InChI is InChI=1S/C10H18F3NO2/c1-9(2,3)6-14(4)7(5-8(15)16)10(11,12)13/h7H,5-6H2,1-4H3,(H,15,16). The van der Waals surface area contributed by atoms with E-state index in [1.165, 1.54) is 7.05 Å². The summed E-state index contributed by atoms with van der Waals surface area (Å²) in [5, 5.41) is 8.47. The van der Waals surface area contributed by atoms with Gasteiger partial charge in [0.05, 0.1) is 6.42 Å². The highest BCUT2D eigenvalue weighted by atomic mass is 19.4. The smallest absolute Gasteiger partial charge is 0.404 e. The van der Waals surface area contributed by atoms with Crippen LogP contribution in [0.5, 0.6) is 0 Å². The quantitative estimate of drug-likeness (QED) is 0.821. The van der Waals surface area contributed by atoms with E-state index in [9.17, 15) is 18.0 Å². The van der Waals surface area contributed by atoms with Gasteiger partial charge in [-0.1, -0.05) is 20.8 Å². The van der Waals surface area contributed by atoms with Gasteiger partial charge in [0.2, 0.25) is 0 Å². The first-order valence-electron chi connectivity index (χ1n) is 4.92. The number of hydrogen-bond acceptors (Lipinski definition) is 2. The molecule has 0 saturated heterocycles. The Balaban J connectivity index is 4.70. The molecule has 0 aromatic carbocycles. The third-order valence-electron chi connectivity index (χ3n) is 2.00. The van der Waals surface area contributed by atoms with E-state index in [2.05, 4.69) is 0 Å². The van der Waals surface area contributed by atoms with Crippen molar-refractivity contribution >= 4 is 5.97 Å². The fourth-order valence-electron chi connectivity index (χ4n) is 1.55. The monoisotopic (exact) mass is 241 g/mol. The topological polar surface area (TPSA) is 40.5 Å². The van der Waals surface area contributed by atoms with Crippen LogP contribution < -0.4 is 0 Å². The third-order valence-corrected chi connectivity index (χ3v) is 2.00. The lowest BCUT2D eigenvalue weighted by atomic mass is 9.95. The summed E-state index contributed by atoms with van der Waals surface area (Å²) >= 11 is 0. The van der Waals surface area contributed by atoms with Crippen LogP contribution in [0.4, 0.5) is 13.2 Å². The van der Waals surface area contributed by atoms with Gasteiger partial charge in [-0.25, -0.2) is 0 Å². The Morgan fingerprint density at radius 2 is 1.75 bits per heavy atom.